The summed E-state index contributed by atoms with van der Waals surface area (Å²) in [7, 11) is 0. The molecule has 0 aliphatic heterocycles. The van der Waals surface area contributed by atoms with E-state index in [0.717, 1.165) is 10.5 Å². The summed E-state index contributed by atoms with van der Waals surface area (Å²) in [4.78, 5) is 24.9. The van der Waals surface area contributed by atoms with Gasteiger partial charge in [-0.15, -0.1) is 11.8 Å². The van der Waals surface area contributed by atoms with Crippen molar-refractivity contribution in [1.82, 2.24) is 0 Å². The number of hydrogen-bond acceptors (Lipinski definition) is 5. The Morgan fingerprint density at radius 3 is 2.29 bits per heavy atom. The van der Waals surface area contributed by atoms with Crippen LogP contribution in [0, 0.1) is 11.3 Å². The molecule has 0 fully saturated rings. The molecule has 0 atom stereocenters. The number of carbonyl (C=O) groups excluding carboxylic acids is 2. The summed E-state index contributed by atoms with van der Waals surface area (Å²) in [6, 6.07) is 16.2. The number of hydrogen-bond donors (Lipinski definition) is 0. The van der Waals surface area contributed by atoms with Crippen molar-refractivity contribution < 1.29 is 14.3 Å². The Hall–Kier alpha value is -2.58. The molecule has 122 valence electrons. The van der Waals surface area contributed by atoms with Crippen LogP contribution in [0.25, 0.3) is 0 Å². The first-order chi connectivity index (χ1) is 11.6. The number of thioether (sulfide) groups is 1. The number of benzene rings is 2. The Morgan fingerprint density at radius 1 is 1.04 bits per heavy atom. The number of nitrogens with zero attached hydrogens (tertiary/aromatic N) is 1. The van der Waals surface area contributed by atoms with Gasteiger partial charge in [-0.25, -0.2) is 0 Å². The lowest BCUT2D eigenvalue weighted by atomic mass is 10.1. The Morgan fingerprint density at radius 2 is 1.71 bits per heavy atom. The number of ketones is 1. The zero-order chi connectivity index (χ0) is 17.4. The molecule has 24 heavy (non-hydrogen) atoms. The zero-order valence-corrected chi connectivity index (χ0v) is 14.1. The third kappa shape index (κ3) is 5.25. The van der Waals surface area contributed by atoms with Crippen LogP contribution >= 0.6 is 11.8 Å². The van der Waals surface area contributed by atoms with Gasteiger partial charge in [0.15, 0.2) is 5.78 Å². The number of ether oxygens (including phenoxy) is 1. The molecular weight excluding hydrogens is 322 g/mol. The lowest BCUT2D eigenvalue weighted by Gasteiger charge is -2.05. The van der Waals surface area contributed by atoms with Crippen LogP contribution < -0.4 is 0 Å². The molecule has 0 saturated heterocycles. The number of carbonyl (C=O) groups is 2. The molecule has 0 heterocycles. The fourth-order valence-corrected chi connectivity index (χ4v) is 2.46. The van der Waals surface area contributed by atoms with Crippen LogP contribution in [0.5, 0.6) is 0 Å². The molecule has 0 saturated carbocycles. The maximum Gasteiger partial charge on any atom is 0.306 e. The minimum atomic E-state index is -0.409. The molecule has 0 aromatic heterocycles. The van der Waals surface area contributed by atoms with Gasteiger partial charge in [-0.1, -0.05) is 24.3 Å². The summed E-state index contributed by atoms with van der Waals surface area (Å²) in [5.41, 5.74) is 1.97. The van der Waals surface area contributed by atoms with Crippen LogP contribution in [0.15, 0.2) is 53.4 Å². The topological polar surface area (TPSA) is 67.2 Å². The largest absolute Gasteiger partial charge is 0.461 e. The van der Waals surface area contributed by atoms with E-state index in [0.29, 0.717) is 11.1 Å². The minimum absolute atomic E-state index is 0.0550. The maximum absolute atomic E-state index is 12.0. The second-order valence-electron chi connectivity index (χ2n) is 5.12. The standard InChI is InChI=1S/C19H17NO3S/c1-24-17-8-6-16(7-9-17)18(21)10-11-19(22)23-13-15-4-2-14(12-20)3-5-15/h2-9H,10-11,13H2,1H3. The highest BCUT2D eigenvalue weighted by Gasteiger charge is 2.10. The number of esters is 1. The smallest absolute Gasteiger partial charge is 0.306 e. The van der Waals surface area contributed by atoms with E-state index in [9.17, 15) is 9.59 Å². The quantitative estimate of drug-likeness (QED) is 0.433. The maximum atomic E-state index is 12.0. The van der Waals surface area contributed by atoms with Crippen LogP contribution in [0.3, 0.4) is 0 Å². The van der Waals surface area contributed by atoms with Crippen molar-refractivity contribution in [2.24, 2.45) is 0 Å². The minimum Gasteiger partial charge on any atom is -0.461 e. The monoisotopic (exact) mass is 339 g/mol. The van der Waals surface area contributed by atoms with Crippen molar-refractivity contribution in [3.05, 3.63) is 65.2 Å². The lowest BCUT2D eigenvalue weighted by Crippen LogP contribution is -2.08. The summed E-state index contributed by atoms with van der Waals surface area (Å²) in [5, 5.41) is 8.72. The average molecular weight is 339 g/mol. The Balaban J connectivity index is 1.77. The Kier molecular flexibility index (Phi) is 6.59. The molecule has 0 radical (unpaired) electrons. The van der Waals surface area contributed by atoms with Crippen LogP contribution in [-0.2, 0) is 16.1 Å². The number of rotatable bonds is 7. The van der Waals surface area contributed by atoms with E-state index in [2.05, 4.69) is 0 Å². The molecule has 0 aliphatic rings. The van der Waals surface area contributed by atoms with Gasteiger partial charge in [0.05, 0.1) is 18.1 Å². The van der Waals surface area contributed by atoms with Crippen LogP contribution in [-0.4, -0.2) is 18.0 Å². The molecule has 0 N–H and O–H groups in total. The average Bonchev–Trinajstić information content (AvgIpc) is 2.64. The van der Waals surface area contributed by atoms with E-state index in [1.54, 1.807) is 48.2 Å². The van der Waals surface area contributed by atoms with Gasteiger partial charge in [-0.2, -0.15) is 5.26 Å². The highest BCUT2D eigenvalue weighted by Crippen LogP contribution is 2.16. The van der Waals surface area contributed by atoms with E-state index in [1.165, 1.54) is 0 Å². The van der Waals surface area contributed by atoms with E-state index in [4.69, 9.17) is 10.00 Å². The Labute approximate surface area is 145 Å². The molecule has 2 rings (SSSR count). The molecular formula is C19H17NO3S. The molecule has 2 aromatic carbocycles. The second-order valence-corrected chi connectivity index (χ2v) is 6.00. The zero-order valence-electron chi connectivity index (χ0n) is 13.3. The number of nitriles is 1. The summed E-state index contributed by atoms with van der Waals surface area (Å²) in [5.74, 6) is -0.480. The molecule has 0 spiro atoms. The predicted octanol–water partition coefficient (Wildman–Crippen LogP) is 3.99. The number of Topliss-reactive ketones (excluding diaryl/α,β-unsaturated/α-hetero) is 1. The van der Waals surface area contributed by atoms with Gasteiger partial charge < -0.3 is 4.74 Å². The van der Waals surface area contributed by atoms with E-state index in [-0.39, 0.29) is 25.2 Å². The van der Waals surface area contributed by atoms with Crippen LogP contribution in [0.1, 0.15) is 34.3 Å². The van der Waals surface area contributed by atoms with E-state index < -0.39 is 5.97 Å². The molecule has 0 aliphatic carbocycles. The second kappa shape index (κ2) is 8.90. The van der Waals surface area contributed by atoms with Crippen LogP contribution in [0.2, 0.25) is 0 Å². The van der Waals surface area contributed by atoms with Crippen molar-refractivity contribution in [3.63, 3.8) is 0 Å². The lowest BCUT2D eigenvalue weighted by molar-refractivity contribution is -0.144. The summed E-state index contributed by atoms with van der Waals surface area (Å²) < 4.78 is 5.15. The third-order valence-electron chi connectivity index (χ3n) is 3.45. The van der Waals surface area contributed by atoms with Crippen LogP contribution in [0.4, 0.5) is 0 Å². The molecule has 5 heteroatoms. The summed E-state index contributed by atoms with van der Waals surface area (Å²) >= 11 is 1.61. The van der Waals surface area contributed by atoms with Gasteiger partial charge in [0, 0.05) is 16.9 Å². The molecule has 0 bridgehead atoms. The third-order valence-corrected chi connectivity index (χ3v) is 4.19. The first kappa shape index (κ1) is 17.8. The highest BCUT2D eigenvalue weighted by atomic mass is 32.2. The van der Waals surface area contributed by atoms with Gasteiger partial charge >= 0.3 is 5.97 Å². The van der Waals surface area contributed by atoms with Crippen molar-refractivity contribution in [1.29, 1.82) is 5.26 Å². The molecule has 0 amide bonds. The predicted molar refractivity (Wildman–Crippen MR) is 92.7 cm³/mol. The summed E-state index contributed by atoms with van der Waals surface area (Å²) in [6.07, 6.45) is 2.16. The van der Waals surface area contributed by atoms with Gasteiger partial charge in [-0.3, -0.25) is 9.59 Å². The van der Waals surface area contributed by atoms with Gasteiger partial charge in [0.1, 0.15) is 6.61 Å². The first-order valence-corrected chi connectivity index (χ1v) is 8.67. The highest BCUT2D eigenvalue weighted by molar-refractivity contribution is 7.98. The molecule has 0 unspecified atom stereocenters. The van der Waals surface area contributed by atoms with E-state index >= 15 is 0 Å². The Bertz CT molecular complexity index is 746. The van der Waals surface area contributed by atoms with Crippen molar-refractivity contribution in [2.75, 3.05) is 6.26 Å². The molecule has 4 nitrogen and oxygen atoms in total. The van der Waals surface area contributed by atoms with Gasteiger partial charge in [0.25, 0.3) is 0 Å². The normalized spacial score (nSPS) is 10.0. The first-order valence-electron chi connectivity index (χ1n) is 7.44. The van der Waals surface area contributed by atoms with Crippen molar-refractivity contribution >= 4 is 23.5 Å². The fraction of sp³-hybridized carbons (Fsp3) is 0.211. The van der Waals surface area contributed by atoms with Gasteiger partial charge in [0.2, 0.25) is 0 Å². The summed E-state index contributed by atoms with van der Waals surface area (Å²) in [6.45, 7) is 0.140. The van der Waals surface area contributed by atoms with Gasteiger partial charge in [-0.05, 0) is 36.1 Å². The molecule has 2 aromatic rings. The van der Waals surface area contributed by atoms with Crippen molar-refractivity contribution in [3.8, 4) is 6.07 Å². The SMILES string of the molecule is CSc1ccc(C(=O)CCC(=O)OCc2ccc(C#N)cc2)cc1. The van der Waals surface area contributed by atoms with E-state index in [1.807, 2.05) is 24.5 Å². The van der Waals surface area contributed by atoms with Crippen molar-refractivity contribution in [2.45, 2.75) is 24.3 Å². The fourth-order valence-electron chi connectivity index (χ4n) is 2.05.